The summed E-state index contributed by atoms with van der Waals surface area (Å²) in [7, 11) is -3.47. The standard InChI is InChI=1S/C10H12N4O2S/c15-17(16,10-7-12-8-13-10)14-6-3-9-1-4-11-5-2-9/h1-2,4-5,7-8,14H,3,6H2,(H,12,13). The normalized spacial score (nSPS) is 11.5. The van der Waals surface area contributed by atoms with Crippen LogP contribution in [0.3, 0.4) is 0 Å². The van der Waals surface area contributed by atoms with E-state index in [-0.39, 0.29) is 5.03 Å². The topological polar surface area (TPSA) is 87.7 Å². The molecule has 0 fully saturated rings. The maximum atomic E-state index is 11.7. The third-order valence-electron chi connectivity index (χ3n) is 2.22. The quantitative estimate of drug-likeness (QED) is 0.802. The highest BCUT2D eigenvalue weighted by atomic mass is 32.2. The first kappa shape index (κ1) is 11.7. The Morgan fingerprint density at radius 1 is 1.24 bits per heavy atom. The molecule has 0 saturated carbocycles. The van der Waals surface area contributed by atoms with Crippen molar-refractivity contribution >= 4 is 10.0 Å². The van der Waals surface area contributed by atoms with E-state index in [1.165, 1.54) is 12.5 Å². The van der Waals surface area contributed by atoms with E-state index in [0.29, 0.717) is 13.0 Å². The molecule has 6 nitrogen and oxygen atoms in total. The Balaban J connectivity index is 1.91. The summed E-state index contributed by atoms with van der Waals surface area (Å²) in [6.07, 6.45) is 6.58. The number of nitrogens with zero attached hydrogens (tertiary/aromatic N) is 2. The van der Waals surface area contributed by atoms with Gasteiger partial charge in [-0.05, 0) is 24.1 Å². The highest BCUT2D eigenvalue weighted by Gasteiger charge is 2.14. The molecule has 0 unspecified atom stereocenters. The fourth-order valence-electron chi connectivity index (χ4n) is 1.35. The molecule has 2 heterocycles. The maximum Gasteiger partial charge on any atom is 0.257 e. The van der Waals surface area contributed by atoms with E-state index in [1.807, 2.05) is 12.1 Å². The van der Waals surface area contributed by atoms with Crippen LogP contribution in [0.25, 0.3) is 0 Å². The van der Waals surface area contributed by atoms with Crippen molar-refractivity contribution < 1.29 is 8.42 Å². The van der Waals surface area contributed by atoms with Gasteiger partial charge in [-0.3, -0.25) is 4.98 Å². The van der Waals surface area contributed by atoms with Gasteiger partial charge in [0.2, 0.25) is 0 Å². The highest BCUT2D eigenvalue weighted by Crippen LogP contribution is 2.02. The van der Waals surface area contributed by atoms with E-state index in [9.17, 15) is 8.42 Å². The van der Waals surface area contributed by atoms with Crippen LogP contribution in [0.15, 0.2) is 42.1 Å². The Morgan fingerprint density at radius 3 is 2.65 bits per heavy atom. The summed E-state index contributed by atoms with van der Waals surface area (Å²) in [5.41, 5.74) is 1.03. The van der Waals surface area contributed by atoms with Crippen molar-refractivity contribution in [1.29, 1.82) is 0 Å². The van der Waals surface area contributed by atoms with Gasteiger partial charge in [0.05, 0.1) is 12.5 Å². The van der Waals surface area contributed by atoms with Crippen LogP contribution in [0.5, 0.6) is 0 Å². The zero-order valence-electron chi connectivity index (χ0n) is 9.00. The fraction of sp³-hybridized carbons (Fsp3) is 0.200. The molecule has 7 heteroatoms. The second-order valence-corrected chi connectivity index (χ2v) is 5.15. The number of hydrogen-bond acceptors (Lipinski definition) is 4. The Bertz CT molecular complexity index is 551. The van der Waals surface area contributed by atoms with Gasteiger partial charge in [-0.1, -0.05) is 0 Å². The predicted octanol–water partition coefficient (Wildman–Crippen LogP) is 0.326. The van der Waals surface area contributed by atoms with Crippen molar-refractivity contribution in [3.63, 3.8) is 0 Å². The minimum atomic E-state index is -3.47. The molecule has 0 aliphatic rings. The van der Waals surface area contributed by atoms with Gasteiger partial charge in [-0.15, -0.1) is 0 Å². The Hall–Kier alpha value is -1.73. The highest BCUT2D eigenvalue weighted by molar-refractivity contribution is 7.89. The lowest BCUT2D eigenvalue weighted by molar-refractivity contribution is 0.578. The molecule has 2 aromatic rings. The number of rotatable bonds is 5. The Morgan fingerprint density at radius 2 is 2.00 bits per heavy atom. The minimum absolute atomic E-state index is 0.0761. The molecule has 0 bridgehead atoms. The third-order valence-corrected chi connectivity index (χ3v) is 3.60. The van der Waals surface area contributed by atoms with E-state index < -0.39 is 10.0 Å². The summed E-state index contributed by atoms with van der Waals surface area (Å²) in [5.74, 6) is 0. The molecule has 0 amide bonds. The number of sulfonamides is 1. The van der Waals surface area contributed by atoms with Gasteiger partial charge in [-0.2, -0.15) is 0 Å². The molecule has 0 aliphatic carbocycles. The Kier molecular flexibility index (Phi) is 3.50. The number of aromatic nitrogens is 3. The van der Waals surface area contributed by atoms with Crippen molar-refractivity contribution in [3.05, 3.63) is 42.6 Å². The van der Waals surface area contributed by atoms with Crippen molar-refractivity contribution in [2.75, 3.05) is 6.54 Å². The van der Waals surface area contributed by atoms with Gasteiger partial charge in [0.15, 0.2) is 5.03 Å². The van der Waals surface area contributed by atoms with Crippen LogP contribution >= 0.6 is 0 Å². The second-order valence-electron chi connectivity index (χ2n) is 3.42. The minimum Gasteiger partial charge on any atom is -0.335 e. The van der Waals surface area contributed by atoms with Crippen molar-refractivity contribution in [1.82, 2.24) is 19.7 Å². The summed E-state index contributed by atoms with van der Waals surface area (Å²) >= 11 is 0. The van der Waals surface area contributed by atoms with Crippen molar-refractivity contribution in [2.24, 2.45) is 0 Å². The molecule has 0 atom stereocenters. The largest absolute Gasteiger partial charge is 0.335 e. The molecule has 2 rings (SSSR count). The molecule has 0 aromatic carbocycles. The fourth-order valence-corrected chi connectivity index (χ4v) is 2.28. The van der Waals surface area contributed by atoms with Crippen LogP contribution in [-0.2, 0) is 16.4 Å². The molecule has 90 valence electrons. The van der Waals surface area contributed by atoms with E-state index in [1.54, 1.807) is 12.4 Å². The van der Waals surface area contributed by atoms with Crippen LogP contribution in [-0.4, -0.2) is 29.9 Å². The molecular weight excluding hydrogens is 240 g/mol. The number of H-pyrrole nitrogens is 1. The van der Waals surface area contributed by atoms with Gasteiger partial charge in [0.25, 0.3) is 10.0 Å². The SMILES string of the molecule is O=S(=O)(NCCc1ccncc1)c1cnc[nH]1. The monoisotopic (exact) mass is 252 g/mol. The third kappa shape index (κ3) is 3.11. The van der Waals surface area contributed by atoms with E-state index in [0.717, 1.165) is 5.56 Å². The number of imidazole rings is 1. The first-order chi connectivity index (χ1) is 8.18. The van der Waals surface area contributed by atoms with Crippen LogP contribution in [0.1, 0.15) is 5.56 Å². The zero-order chi connectivity index (χ0) is 12.1. The summed E-state index contributed by atoms with van der Waals surface area (Å²) < 4.78 is 25.9. The summed E-state index contributed by atoms with van der Waals surface area (Å²) in [5, 5.41) is 0.0761. The number of aromatic amines is 1. The Labute approximate surface area is 99.2 Å². The molecule has 0 saturated heterocycles. The average Bonchev–Trinajstić information content (AvgIpc) is 2.84. The van der Waals surface area contributed by atoms with E-state index >= 15 is 0 Å². The number of nitrogens with one attached hydrogen (secondary N) is 2. The maximum absolute atomic E-state index is 11.7. The zero-order valence-corrected chi connectivity index (χ0v) is 9.81. The second kappa shape index (κ2) is 5.07. The molecule has 0 aliphatic heterocycles. The van der Waals surface area contributed by atoms with Crippen molar-refractivity contribution in [3.8, 4) is 0 Å². The van der Waals surface area contributed by atoms with Crippen LogP contribution in [0.4, 0.5) is 0 Å². The molecule has 2 aromatic heterocycles. The molecule has 2 N–H and O–H groups in total. The summed E-state index contributed by atoms with van der Waals surface area (Å²) in [6, 6.07) is 3.70. The number of hydrogen-bond donors (Lipinski definition) is 2. The lowest BCUT2D eigenvalue weighted by atomic mass is 10.2. The van der Waals surface area contributed by atoms with Crippen LogP contribution in [0, 0.1) is 0 Å². The first-order valence-electron chi connectivity index (χ1n) is 5.05. The lowest BCUT2D eigenvalue weighted by Crippen LogP contribution is -2.26. The first-order valence-corrected chi connectivity index (χ1v) is 6.54. The summed E-state index contributed by atoms with van der Waals surface area (Å²) in [6.45, 7) is 0.339. The molecular formula is C10H12N4O2S. The van der Waals surface area contributed by atoms with Gasteiger partial charge in [0.1, 0.15) is 0 Å². The van der Waals surface area contributed by atoms with Crippen molar-refractivity contribution in [2.45, 2.75) is 11.4 Å². The molecule has 0 radical (unpaired) electrons. The van der Waals surface area contributed by atoms with Gasteiger partial charge in [0, 0.05) is 18.9 Å². The van der Waals surface area contributed by atoms with Gasteiger partial charge < -0.3 is 4.98 Å². The van der Waals surface area contributed by atoms with E-state index in [4.69, 9.17) is 0 Å². The summed E-state index contributed by atoms with van der Waals surface area (Å²) in [4.78, 5) is 10.1. The molecule has 17 heavy (non-hydrogen) atoms. The van der Waals surface area contributed by atoms with Gasteiger partial charge >= 0.3 is 0 Å². The average molecular weight is 252 g/mol. The smallest absolute Gasteiger partial charge is 0.257 e. The molecule has 0 spiro atoms. The van der Waals surface area contributed by atoms with Crippen LogP contribution < -0.4 is 4.72 Å². The van der Waals surface area contributed by atoms with E-state index in [2.05, 4.69) is 19.7 Å². The van der Waals surface area contributed by atoms with Gasteiger partial charge in [-0.25, -0.2) is 18.1 Å². The van der Waals surface area contributed by atoms with Crippen LogP contribution in [0.2, 0.25) is 0 Å². The number of pyridine rings is 1. The lowest BCUT2D eigenvalue weighted by Gasteiger charge is -2.04. The predicted molar refractivity (Wildman–Crippen MR) is 61.7 cm³/mol.